The van der Waals surface area contributed by atoms with Crippen molar-refractivity contribution in [3.8, 4) is 11.4 Å². The molecule has 0 aliphatic rings. The van der Waals surface area contributed by atoms with Gasteiger partial charge in [-0.25, -0.2) is 9.18 Å². The monoisotopic (exact) mass is 546 g/mol. The summed E-state index contributed by atoms with van der Waals surface area (Å²) in [4.78, 5) is 12.5. The maximum absolute atomic E-state index is 14.5. The number of aromatic nitrogens is 4. The van der Waals surface area contributed by atoms with Crippen molar-refractivity contribution in [2.75, 3.05) is 0 Å². The number of carbonyl (C=O) groups is 1. The average Bonchev–Trinajstić information content (AvgIpc) is 3.44. The summed E-state index contributed by atoms with van der Waals surface area (Å²) in [5, 5.41) is 20.7. The lowest BCUT2D eigenvalue weighted by Gasteiger charge is -2.10. The molecule has 0 atom stereocenters. The quantitative estimate of drug-likeness (QED) is 0.163. The number of nitrogens with zero attached hydrogens (tertiary/aromatic N) is 4. The van der Waals surface area contributed by atoms with Gasteiger partial charge < -0.3 is 14.2 Å². The molecular weight excluding hydrogens is 523 g/mol. The van der Waals surface area contributed by atoms with Crippen LogP contribution in [0.3, 0.4) is 0 Å². The lowest BCUT2D eigenvalue weighted by Crippen LogP contribution is -2.04. The summed E-state index contributed by atoms with van der Waals surface area (Å²) < 4.78 is 18.3. The van der Waals surface area contributed by atoms with Crippen LogP contribution in [0.2, 0.25) is 5.02 Å². The van der Waals surface area contributed by atoms with Gasteiger partial charge in [0, 0.05) is 44.9 Å². The highest BCUT2D eigenvalue weighted by Gasteiger charge is 2.21. The zero-order chi connectivity index (χ0) is 26.8. The molecule has 2 heterocycles. The number of hydrogen-bond donors (Lipinski definition) is 1. The molecule has 38 heavy (non-hydrogen) atoms. The van der Waals surface area contributed by atoms with Gasteiger partial charge in [-0.2, -0.15) is 0 Å². The molecule has 0 saturated carbocycles. The van der Waals surface area contributed by atoms with Crippen molar-refractivity contribution in [3.63, 3.8) is 0 Å². The third-order valence-corrected chi connectivity index (χ3v) is 7.64. The fraction of sp³-hybridized carbons (Fsp3) is 0.138. The van der Waals surface area contributed by atoms with Gasteiger partial charge in [-0.05, 0) is 68.1 Å². The summed E-state index contributed by atoms with van der Waals surface area (Å²) in [6, 6.07) is 21.7. The topological polar surface area (TPSA) is 72.9 Å². The number of para-hydroxylation sites is 1. The molecule has 0 aliphatic carbocycles. The summed E-state index contributed by atoms with van der Waals surface area (Å²) in [5.41, 5.74) is 3.90. The van der Waals surface area contributed by atoms with E-state index in [-0.39, 0.29) is 10.7 Å². The number of thioether (sulfide) groups is 1. The molecule has 5 rings (SSSR count). The Kier molecular flexibility index (Phi) is 7.35. The fourth-order valence-corrected chi connectivity index (χ4v) is 5.46. The molecule has 0 aliphatic heterocycles. The first-order valence-electron chi connectivity index (χ1n) is 12.0. The second-order valence-electron chi connectivity index (χ2n) is 8.67. The van der Waals surface area contributed by atoms with Gasteiger partial charge in [-0.3, -0.25) is 0 Å². The molecule has 3 aromatic carbocycles. The minimum atomic E-state index is -1.07. The van der Waals surface area contributed by atoms with Gasteiger partial charge in [-0.15, -0.1) is 10.2 Å². The first-order chi connectivity index (χ1) is 18.4. The second-order valence-corrected chi connectivity index (χ2v) is 10.1. The van der Waals surface area contributed by atoms with Crippen LogP contribution in [0.4, 0.5) is 4.39 Å². The number of fused-ring (bicyclic) bond motifs is 1. The summed E-state index contributed by atoms with van der Waals surface area (Å²) in [6.45, 7) is 4.76. The van der Waals surface area contributed by atoms with Gasteiger partial charge in [0.25, 0.3) is 0 Å². The number of carboxylic acid groups (broad SMARTS) is 1. The zero-order valence-corrected chi connectivity index (χ0v) is 22.3. The molecule has 9 heteroatoms. The number of hydrogen-bond acceptors (Lipinski definition) is 4. The summed E-state index contributed by atoms with van der Waals surface area (Å²) in [6.07, 6.45) is 1.67. The predicted octanol–water partition coefficient (Wildman–Crippen LogP) is 7.29. The number of rotatable bonds is 8. The van der Waals surface area contributed by atoms with Gasteiger partial charge in [-0.1, -0.05) is 48.0 Å². The second kappa shape index (κ2) is 10.8. The van der Waals surface area contributed by atoms with Gasteiger partial charge in [0.1, 0.15) is 10.7 Å². The van der Waals surface area contributed by atoms with E-state index in [1.807, 2.05) is 65.4 Å². The lowest BCUT2D eigenvalue weighted by atomic mass is 10.1. The smallest absolute Gasteiger partial charge is 0.342 e. The molecule has 0 fully saturated rings. The van der Waals surface area contributed by atoms with E-state index in [0.29, 0.717) is 34.7 Å². The van der Waals surface area contributed by atoms with E-state index in [4.69, 9.17) is 11.6 Å². The molecular formula is C29H24ClFN4O2S. The Morgan fingerprint density at radius 2 is 1.74 bits per heavy atom. The predicted molar refractivity (Wildman–Crippen MR) is 150 cm³/mol. The van der Waals surface area contributed by atoms with Crippen LogP contribution in [0.5, 0.6) is 0 Å². The van der Waals surface area contributed by atoms with Crippen LogP contribution < -0.4 is 0 Å². The maximum atomic E-state index is 14.5. The van der Waals surface area contributed by atoms with E-state index in [1.54, 1.807) is 30.3 Å². The largest absolute Gasteiger partial charge is 0.477 e. The Bertz CT molecular complexity index is 1670. The molecule has 0 radical (unpaired) electrons. The first-order valence-corrected chi connectivity index (χ1v) is 13.2. The van der Waals surface area contributed by atoms with E-state index in [1.165, 1.54) is 6.07 Å². The molecule has 0 spiro atoms. The highest BCUT2D eigenvalue weighted by Crippen LogP contribution is 2.34. The number of halogens is 2. The van der Waals surface area contributed by atoms with Crippen molar-refractivity contribution in [1.82, 2.24) is 19.3 Å². The third-order valence-electron chi connectivity index (χ3n) is 6.39. The summed E-state index contributed by atoms with van der Waals surface area (Å²) >= 11 is 7.08. The van der Waals surface area contributed by atoms with Crippen LogP contribution in [0.25, 0.3) is 28.4 Å². The van der Waals surface area contributed by atoms with Crippen LogP contribution in [0.15, 0.2) is 82.9 Å². The Balaban J connectivity index is 1.56. The molecule has 1 N–H and O–H groups in total. The molecule has 0 bridgehead atoms. The minimum Gasteiger partial charge on any atom is -0.477 e. The zero-order valence-electron chi connectivity index (χ0n) is 20.7. The van der Waals surface area contributed by atoms with E-state index in [9.17, 15) is 14.3 Å². The van der Waals surface area contributed by atoms with Crippen LogP contribution >= 0.6 is 23.4 Å². The molecule has 6 nitrogen and oxygen atoms in total. The number of benzene rings is 3. The van der Waals surface area contributed by atoms with Crippen molar-refractivity contribution in [1.29, 1.82) is 0 Å². The summed E-state index contributed by atoms with van der Waals surface area (Å²) in [7, 11) is 0. The SMILES string of the molecule is CCn1c(S/C(=C\c2c(C)n(Cc3ccccc3F)c3ccccc23)C(=O)O)nnc1-c1ccc(Cl)cc1. The fourth-order valence-electron chi connectivity index (χ4n) is 4.47. The van der Waals surface area contributed by atoms with Gasteiger partial charge in [0.2, 0.25) is 0 Å². The van der Waals surface area contributed by atoms with Crippen molar-refractivity contribution >= 4 is 46.3 Å². The van der Waals surface area contributed by atoms with Crippen molar-refractivity contribution in [3.05, 3.63) is 105 Å². The van der Waals surface area contributed by atoms with Crippen molar-refractivity contribution < 1.29 is 14.3 Å². The molecule has 0 saturated heterocycles. The molecule has 0 amide bonds. The van der Waals surface area contributed by atoms with Crippen molar-refractivity contribution in [2.24, 2.45) is 0 Å². The highest BCUT2D eigenvalue weighted by atomic mass is 35.5. The lowest BCUT2D eigenvalue weighted by molar-refractivity contribution is -0.131. The summed E-state index contributed by atoms with van der Waals surface area (Å²) in [5.74, 6) is -0.716. The Labute approximate surface area is 228 Å². The van der Waals surface area contributed by atoms with Crippen molar-refractivity contribution in [2.45, 2.75) is 32.1 Å². The van der Waals surface area contributed by atoms with E-state index in [2.05, 4.69) is 10.2 Å². The highest BCUT2D eigenvalue weighted by molar-refractivity contribution is 8.04. The van der Waals surface area contributed by atoms with Crippen LogP contribution in [0.1, 0.15) is 23.7 Å². The van der Waals surface area contributed by atoms with E-state index < -0.39 is 5.97 Å². The third kappa shape index (κ3) is 4.97. The Hall–Kier alpha value is -3.88. The molecule has 192 valence electrons. The van der Waals surface area contributed by atoms with Crippen LogP contribution in [-0.2, 0) is 17.9 Å². The molecule has 2 aromatic heterocycles. The van der Waals surface area contributed by atoms with E-state index >= 15 is 0 Å². The van der Waals surface area contributed by atoms with Gasteiger partial charge >= 0.3 is 5.97 Å². The minimum absolute atomic E-state index is 0.103. The average molecular weight is 547 g/mol. The van der Waals surface area contributed by atoms with E-state index in [0.717, 1.165) is 39.5 Å². The van der Waals surface area contributed by atoms with Crippen LogP contribution in [0, 0.1) is 12.7 Å². The molecule has 0 unspecified atom stereocenters. The maximum Gasteiger partial charge on any atom is 0.342 e. The first kappa shape index (κ1) is 25.8. The van der Waals surface area contributed by atoms with Gasteiger partial charge in [0.05, 0.1) is 6.54 Å². The normalized spacial score (nSPS) is 11.8. The number of carboxylic acids is 1. The van der Waals surface area contributed by atoms with Gasteiger partial charge in [0.15, 0.2) is 11.0 Å². The Morgan fingerprint density at radius 1 is 1.03 bits per heavy atom. The standard InChI is InChI=1S/C29H24ClFN4O2S/c1-3-34-27(19-12-14-21(30)15-13-19)32-33-29(34)38-26(28(36)37)16-23-18(2)35(25-11-7-5-9-22(23)25)17-20-8-4-6-10-24(20)31/h4-16H,3,17H2,1-2H3,(H,36,37)/b26-16-. The Morgan fingerprint density at radius 3 is 2.45 bits per heavy atom. The number of aliphatic carboxylic acids is 1. The molecule has 5 aromatic rings. The van der Waals surface area contributed by atoms with Crippen LogP contribution in [-0.4, -0.2) is 30.4 Å².